The highest BCUT2D eigenvalue weighted by Crippen LogP contribution is 2.62. The molecule has 0 aliphatic rings. The van der Waals surface area contributed by atoms with Gasteiger partial charge in [0, 0.05) is 13.0 Å². The summed E-state index contributed by atoms with van der Waals surface area (Å²) in [6.07, 6.45) is -12.0. The molecular formula is C11H9F15O. The fourth-order valence-corrected chi connectivity index (χ4v) is 1.62. The summed E-state index contributed by atoms with van der Waals surface area (Å²) in [6.45, 7) is -0.954. The van der Waals surface area contributed by atoms with Crippen LogP contribution in [-0.2, 0) is 0 Å². The van der Waals surface area contributed by atoms with Gasteiger partial charge in [-0.15, -0.1) is 0 Å². The van der Waals surface area contributed by atoms with Gasteiger partial charge in [0.25, 0.3) is 0 Å². The minimum absolute atomic E-state index is 0.754. The molecule has 0 rings (SSSR count). The van der Waals surface area contributed by atoms with Gasteiger partial charge < -0.3 is 5.11 Å². The van der Waals surface area contributed by atoms with Gasteiger partial charge in [0.15, 0.2) is 0 Å². The predicted molar refractivity (Wildman–Crippen MR) is 56.7 cm³/mol. The van der Waals surface area contributed by atoms with Crippen molar-refractivity contribution in [3.63, 3.8) is 0 Å². The molecule has 0 atom stereocenters. The summed E-state index contributed by atoms with van der Waals surface area (Å²) >= 11 is 0. The second-order valence-electron chi connectivity index (χ2n) is 5.25. The van der Waals surface area contributed by atoms with E-state index in [9.17, 15) is 65.9 Å². The normalized spacial score (nSPS) is 16.0. The highest BCUT2D eigenvalue weighted by molar-refractivity contribution is 5.12. The standard InChI is InChI=1S/C11H9F15O/c12-5(13,3-1-2-4-27)6(14,15)7(16,17)8(18,19)9(20,21)10(22,23)11(24,25)26/h27H,1-4H2. The highest BCUT2D eigenvalue weighted by atomic mass is 19.4. The molecule has 16 heteroatoms. The molecule has 0 fully saturated rings. The smallest absolute Gasteiger partial charge is 0.396 e. The first kappa shape index (κ1) is 25.9. The number of rotatable bonds is 9. The summed E-state index contributed by atoms with van der Waals surface area (Å²) in [7, 11) is 0. The first-order valence-corrected chi connectivity index (χ1v) is 6.50. The van der Waals surface area contributed by atoms with Crippen molar-refractivity contribution in [3.8, 4) is 0 Å². The Morgan fingerprint density at radius 1 is 0.444 bits per heavy atom. The Labute approximate surface area is 140 Å². The molecule has 0 aromatic heterocycles. The van der Waals surface area contributed by atoms with E-state index in [2.05, 4.69) is 0 Å². The van der Waals surface area contributed by atoms with Crippen LogP contribution >= 0.6 is 0 Å². The number of hydrogen-bond donors (Lipinski definition) is 1. The molecule has 1 nitrogen and oxygen atoms in total. The van der Waals surface area contributed by atoms with Crippen molar-refractivity contribution in [1.82, 2.24) is 0 Å². The Morgan fingerprint density at radius 3 is 1.11 bits per heavy atom. The molecule has 0 heterocycles. The number of aliphatic hydroxyl groups is 1. The second kappa shape index (κ2) is 7.06. The first-order valence-electron chi connectivity index (χ1n) is 6.50. The van der Waals surface area contributed by atoms with E-state index in [1.807, 2.05) is 0 Å². The van der Waals surface area contributed by atoms with Crippen LogP contribution in [0.5, 0.6) is 0 Å². The van der Waals surface area contributed by atoms with Crippen LogP contribution in [0.4, 0.5) is 65.9 Å². The minimum atomic E-state index is -8.25. The molecule has 0 spiro atoms. The average Bonchev–Trinajstić information content (AvgIpc) is 2.45. The van der Waals surface area contributed by atoms with Crippen LogP contribution in [0, 0.1) is 0 Å². The van der Waals surface area contributed by atoms with E-state index >= 15 is 0 Å². The van der Waals surface area contributed by atoms with Gasteiger partial charge in [-0.05, 0) is 12.8 Å². The SMILES string of the molecule is OCCCCC(F)(F)C(F)(F)C(F)(F)C(F)(F)C(F)(F)C(F)(F)C(F)(F)F. The molecule has 164 valence electrons. The lowest BCUT2D eigenvalue weighted by Gasteiger charge is -2.41. The van der Waals surface area contributed by atoms with Gasteiger partial charge in [-0.3, -0.25) is 0 Å². The van der Waals surface area contributed by atoms with E-state index in [1.165, 1.54) is 0 Å². The Balaban J connectivity index is 6.23. The highest BCUT2D eigenvalue weighted by Gasteiger charge is 2.93. The molecule has 0 unspecified atom stereocenters. The number of aliphatic hydroxyl groups excluding tert-OH is 1. The number of halogens is 15. The summed E-state index contributed by atoms with van der Waals surface area (Å²) in [5, 5.41) is 8.24. The molecule has 0 saturated carbocycles. The lowest BCUT2D eigenvalue weighted by Crippen LogP contribution is -2.72. The maximum absolute atomic E-state index is 13.2. The molecule has 1 N–H and O–H groups in total. The molecule has 0 aromatic carbocycles. The van der Waals surface area contributed by atoms with Crippen LogP contribution in [0.2, 0.25) is 0 Å². The topological polar surface area (TPSA) is 20.2 Å². The van der Waals surface area contributed by atoms with Crippen molar-refractivity contribution in [2.24, 2.45) is 0 Å². The zero-order chi connectivity index (χ0) is 22.3. The van der Waals surface area contributed by atoms with Gasteiger partial charge >= 0.3 is 41.7 Å². The van der Waals surface area contributed by atoms with Crippen LogP contribution in [0.25, 0.3) is 0 Å². The van der Waals surface area contributed by atoms with Gasteiger partial charge in [0.1, 0.15) is 0 Å². The van der Waals surface area contributed by atoms with Crippen molar-refractivity contribution in [1.29, 1.82) is 0 Å². The largest absolute Gasteiger partial charge is 0.460 e. The van der Waals surface area contributed by atoms with Crippen LogP contribution in [0.1, 0.15) is 19.3 Å². The molecule has 0 aromatic rings. The summed E-state index contributed by atoms with van der Waals surface area (Å²) in [5.41, 5.74) is 0. The number of hydrogen-bond acceptors (Lipinski definition) is 1. The first-order chi connectivity index (χ1) is 11.6. The van der Waals surface area contributed by atoms with Gasteiger partial charge in [-0.2, -0.15) is 65.9 Å². The van der Waals surface area contributed by atoms with Crippen LogP contribution in [-0.4, -0.2) is 53.4 Å². The van der Waals surface area contributed by atoms with Crippen molar-refractivity contribution in [3.05, 3.63) is 0 Å². The molecule has 0 bridgehead atoms. The lowest BCUT2D eigenvalue weighted by atomic mass is 9.89. The second-order valence-corrected chi connectivity index (χ2v) is 5.25. The maximum atomic E-state index is 13.2. The monoisotopic (exact) mass is 442 g/mol. The molecule has 0 aliphatic carbocycles. The van der Waals surface area contributed by atoms with Crippen LogP contribution in [0.15, 0.2) is 0 Å². The van der Waals surface area contributed by atoms with Crippen LogP contribution < -0.4 is 0 Å². The van der Waals surface area contributed by atoms with Crippen molar-refractivity contribution in [2.75, 3.05) is 6.61 Å². The molecule has 0 amide bonds. The van der Waals surface area contributed by atoms with E-state index in [-0.39, 0.29) is 0 Å². The van der Waals surface area contributed by atoms with Crippen molar-refractivity contribution in [2.45, 2.75) is 61.0 Å². The Morgan fingerprint density at radius 2 is 0.778 bits per heavy atom. The van der Waals surface area contributed by atoms with Crippen LogP contribution in [0.3, 0.4) is 0 Å². The summed E-state index contributed by atoms with van der Waals surface area (Å²) in [5.74, 6) is -46.1. The van der Waals surface area contributed by atoms with E-state index in [0.717, 1.165) is 0 Å². The van der Waals surface area contributed by atoms with E-state index in [1.54, 1.807) is 0 Å². The zero-order valence-corrected chi connectivity index (χ0v) is 12.4. The van der Waals surface area contributed by atoms with Gasteiger partial charge in [-0.1, -0.05) is 0 Å². The van der Waals surface area contributed by atoms with Crippen molar-refractivity contribution >= 4 is 0 Å². The Hall–Kier alpha value is -1.09. The predicted octanol–water partition coefficient (Wildman–Crippen LogP) is 5.52. The Kier molecular flexibility index (Phi) is 6.78. The Bertz CT molecular complexity index is 506. The zero-order valence-electron chi connectivity index (χ0n) is 12.4. The van der Waals surface area contributed by atoms with E-state index in [0.29, 0.717) is 0 Å². The lowest BCUT2D eigenvalue weighted by molar-refractivity contribution is -0.452. The molecular weight excluding hydrogens is 433 g/mol. The third-order valence-corrected chi connectivity index (χ3v) is 3.29. The van der Waals surface area contributed by atoms with E-state index in [4.69, 9.17) is 5.11 Å². The van der Waals surface area contributed by atoms with Gasteiger partial charge in [0.05, 0.1) is 0 Å². The fraction of sp³-hybridized carbons (Fsp3) is 1.00. The fourth-order valence-electron chi connectivity index (χ4n) is 1.62. The number of unbranched alkanes of at least 4 members (excludes halogenated alkanes) is 1. The van der Waals surface area contributed by atoms with Gasteiger partial charge in [0.2, 0.25) is 0 Å². The average molecular weight is 442 g/mol. The van der Waals surface area contributed by atoms with Crippen molar-refractivity contribution < 1.29 is 71.0 Å². The summed E-state index contributed by atoms with van der Waals surface area (Å²) < 4.78 is 192. The third kappa shape index (κ3) is 3.77. The van der Waals surface area contributed by atoms with E-state index < -0.39 is 67.6 Å². The summed E-state index contributed by atoms with van der Waals surface area (Å²) in [4.78, 5) is 0. The minimum Gasteiger partial charge on any atom is -0.396 e. The third-order valence-electron chi connectivity index (χ3n) is 3.29. The van der Waals surface area contributed by atoms with Gasteiger partial charge in [-0.25, -0.2) is 0 Å². The quantitative estimate of drug-likeness (QED) is 0.368. The summed E-state index contributed by atoms with van der Waals surface area (Å²) in [6, 6.07) is 0. The molecule has 0 saturated heterocycles. The molecule has 0 radical (unpaired) electrons. The molecule has 0 aliphatic heterocycles. The number of alkyl halides is 15. The maximum Gasteiger partial charge on any atom is 0.460 e. The molecule has 27 heavy (non-hydrogen) atoms.